The molecule has 2 unspecified atom stereocenters. The van der Waals surface area contributed by atoms with Crippen molar-refractivity contribution < 1.29 is 14.2 Å². The van der Waals surface area contributed by atoms with Gasteiger partial charge in [-0.3, -0.25) is 0 Å². The van der Waals surface area contributed by atoms with Gasteiger partial charge in [-0.2, -0.15) is 4.89 Å². The summed E-state index contributed by atoms with van der Waals surface area (Å²) in [6.07, 6.45) is 3.17. The molecular formula is C8H18O3P+. The molecule has 0 spiro atoms. The molecule has 1 N–H and O–H groups in total. The molecule has 0 fully saturated rings. The van der Waals surface area contributed by atoms with Crippen molar-refractivity contribution in [2.75, 3.05) is 12.8 Å². The van der Waals surface area contributed by atoms with Crippen molar-refractivity contribution in [3.8, 4) is 0 Å². The van der Waals surface area contributed by atoms with Crippen molar-refractivity contribution in [3.63, 3.8) is 0 Å². The molecule has 0 saturated carbocycles. The zero-order valence-corrected chi connectivity index (χ0v) is 8.72. The van der Waals surface area contributed by atoms with Gasteiger partial charge in [-0.1, -0.05) is 20.3 Å². The molecule has 0 radical (unpaired) electrons. The first-order valence-corrected chi connectivity index (χ1v) is 5.85. The average Bonchev–Trinajstić information content (AvgIpc) is 2.02. The molecule has 0 rings (SSSR count). The molecular weight excluding hydrogens is 175 g/mol. The monoisotopic (exact) mass is 193 g/mol. The Morgan fingerprint density at radius 1 is 1.50 bits per heavy atom. The first-order valence-electron chi connectivity index (χ1n) is 4.45. The Kier molecular flexibility index (Phi) is 7.67. The molecule has 0 heterocycles. The van der Waals surface area contributed by atoms with Gasteiger partial charge >= 0.3 is 8.03 Å². The van der Waals surface area contributed by atoms with E-state index in [1.807, 2.05) is 6.92 Å². The van der Waals surface area contributed by atoms with Crippen LogP contribution in [-0.2, 0) is 9.30 Å². The zero-order valence-electron chi connectivity index (χ0n) is 7.82. The van der Waals surface area contributed by atoms with Gasteiger partial charge in [0.1, 0.15) is 6.10 Å². The fraction of sp³-hybridized carbons (Fsp3) is 1.00. The van der Waals surface area contributed by atoms with Gasteiger partial charge in [0, 0.05) is 6.61 Å². The largest absolute Gasteiger partial charge is 0.508 e. The Hall–Kier alpha value is 0.0200. The summed E-state index contributed by atoms with van der Waals surface area (Å²) in [6.45, 7) is 4.77. The van der Waals surface area contributed by atoms with Crippen LogP contribution in [0.2, 0.25) is 0 Å². The van der Waals surface area contributed by atoms with Gasteiger partial charge in [-0.05, 0) is 17.4 Å². The summed E-state index contributed by atoms with van der Waals surface area (Å²) in [5, 5.41) is 0. The third kappa shape index (κ3) is 6.71. The van der Waals surface area contributed by atoms with E-state index in [1.54, 1.807) is 0 Å². The lowest BCUT2D eigenvalue weighted by molar-refractivity contribution is 0.0629. The quantitative estimate of drug-likeness (QED) is 0.498. The van der Waals surface area contributed by atoms with Crippen LogP contribution in [0.3, 0.4) is 0 Å². The van der Waals surface area contributed by atoms with E-state index < -0.39 is 8.03 Å². The summed E-state index contributed by atoms with van der Waals surface area (Å²) in [6, 6.07) is 0. The molecule has 4 heteroatoms. The highest BCUT2D eigenvalue weighted by Crippen LogP contribution is 2.17. The topological polar surface area (TPSA) is 46.5 Å². The fourth-order valence-corrected chi connectivity index (χ4v) is 1.58. The maximum absolute atomic E-state index is 10.5. The SMILES string of the molecule is CCCCOC(CC)C[P+](=O)O. The van der Waals surface area contributed by atoms with Gasteiger partial charge in [0.2, 0.25) is 6.16 Å². The molecule has 0 aromatic rings. The summed E-state index contributed by atoms with van der Waals surface area (Å²) in [4.78, 5) is 8.64. The Morgan fingerprint density at radius 3 is 2.58 bits per heavy atom. The molecule has 0 saturated heterocycles. The van der Waals surface area contributed by atoms with Crippen LogP contribution in [0.4, 0.5) is 0 Å². The summed E-state index contributed by atoms with van der Waals surface area (Å²) in [5.41, 5.74) is 0. The van der Waals surface area contributed by atoms with Crippen LogP contribution in [0.25, 0.3) is 0 Å². The van der Waals surface area contributed by atoms with Crippen LogP contribution >= 0.6 is 8.03 Å². The van der Waals surface area contributed by atoms with Crippen LogP contribution in [-0.4, -0.2) is 23.8 Å². The summed E-state index contributed by atoms with van der Waals surface area (Å²) in [7, 11) is -2.04. The predicted molar refractivity (Wildman–Crippen MR) is 49.6 cm³/mol. The standard InChI is InChI=1S/C8H17O3P/c1-3-5-6-11-8(4-2)7-12(9)10/h8H,3-7H2,1-2H3/p+1. The molecule has 0 aromatic heterocycles. The number of ether oxygens (including phenoxy) is 1. The second-order valence-electron chi connectivity index (χ2n) is 2.79. The Bertz CT molecular complexity index is 127. The van der Waals surface area contributed by atoms with Gasteiger partial charge in [-0.25, -0.2) is 0 Å². The second-order valence-corrected chi connectivity index (χ2v) is 3.86. The van der Waals surface area contributed by atoms with Crippen molar-refractivity contribution in [2.24, 2.45) is 0 Å². The molecule has 0 amide bonds. The lowest BCUT2D eigenvalue weighted by Crippen LogP contribution is -2.15. The van der Waals surface area contributed by atoms with Crippen LogP contribution < -0.4 is 0 Å². The summed E-state index contributed by atoms with van der Waals surface area (Å²) >= 11 is 0. The van der Waals surface area contributed by atoms with E-state index in [2.05, 4.69) is 6.92 Å². The molecule has 2 atom stereocenters. The maximum atomic E-state index is 10.5. The lowest BCUT2D eigenvalue weighted by atomic mass is 10.3. The predicted octanol–water partition coefficient (Wildman–Crippen LogP) is 2.32. The van der Waals surface area contributed by atoms with Crippen molar-refractivity contribution in [1.82, 2.24) is 0 Å². The van der Waals surface area contributed by atoms with Gasteiger partial charge in [-0.15, -0.1) is 0 Å². The highest BCUT2D eigenvalue weighted by Gasteiger charge is 2.19. The molecule has 12 heavy (non-hydrogen) atoms. The molecule has 72 valence electrons. The lowest BCUT2D eigenvalue weighted by Gasteiger charge is -2.09. The highest BCUT2D eigenvalue weighted by molar-refractivity contribution is 7.38. The zero-order chi connectivity index (χ0) is 9.40. The fourth-order valence-electron chi connectivity index (χ4n) is 0.868. The molecule has 0 aromatic carbocycles. The van der Waals surface area contributed by atoms with Crippen molar-refractivity contribution in [2.45, 2.75) is 39.2 Å². The first-order chi connectivity index (χ1) is 5.70. The van der Waals surface area contributed by atoms with Crippen LogP contribution in [0, 0.1) is 0 Å². The van der Waals surface area contributed by atoms with E-state index in [1.165, 1.54) is 0 Å². The molecule has 3 nitrogen and oxygen atoms in total. The second kappa shape index (κ2) is 7.66. The van der Waals surface area contributed by atoms with Gasteiger partial charge < -0.3 is 4.74 Å². The van der Waals surface area contributed by atoms with Crippen LogP contribution in [0.1, 0.15) is 33.1 Å². The number of rotatable bonds is 7. The van der Waals surface area contributed by atoms with E-state index in [0.717, 1.165) is 19.3 Å². The smallest absolute Gasteiger partial charge is 0.374 e. The number of hydrogen-bond donors (Lipinski definition) is 1. The molecule has 0 aliphatic rings. The van der Waals surface area contributed by atoms with Gasteiger partial charge in [0.15, 0.2) is 0 Å². The minimum atomic E-state index is -2.04. The van der Waals surface area contributed by atoms with Crippen LogP contribution in [0.5, 0.6) is 0 Å². The minimum absolute atomic E-state index is 0.0369. The van der Waals surface area contributed by atoms with E-state index in [0.29, 0.717) is 6.61 Å². The maximum Gasteiger partial charge on any atom is 0.508 e. The number of hydrogen-bond acceptors (Lipinski definition) is 2. The Morgan fingerprint density at radius 2 is 2.17 bits per heavy atom. The van der Waals surface area contributed by atoms with Gasteiger partial charge in [0.05, 0.1) is 0 Å². The highest BCUT2D eigenvalue weighted by atomic mass is 31.1. The Balaban J connectivity index is 3.46. The minimum Gasteiger partial charge on any atom is -0.374 e. The van der Waals surface area contributed by atoms with Gasteiger partial charge in [0.25, 0.3) is 0 Å². The summed E-state index contributed by atoms with van der Waals surface area (Å²) < 4.78 is 15.9. The third-order valence-electron chi connectivity index (χ3n) is 1.67. The van der Waals surface area contributed by atoms with Crippen molar-refractivity contribution in [3.05, 3.63) is 0 Å². The van der Waals surface area contributed by atoms with E-state index in [4.69, 9.17) is 9.63 Å². The van der Waals surface area contributed by atoms with E-state index in [9.17, 15) is 4.57 Å². The van der Waals surface area contributed by atoms with E-state index >= 15 is 0 Å². The van der Waals surface area contributed by atoms with Crippen molar-refractivity contribution in [1.29, 1.82) is 0 Å². The summed E-state index contributed by atoms with van der Waals surface area (Å²) in [5.74, 6) is 0. The van der Waals surface area contributed by atoms with Crippen molar-refractivity contribution >= 4 is 8.03 Å². The first kappa shape index (κ1) is 12.0. The molecule has 0 aliphatic heterocycles. The van der Waals surface area contributed by atoms with Crippen LogP contribution in [0.15, 0.2) is 0 Å². The van der Waals surface area contributed by atoms with E-state index in [-0.39, 0.29) is 12.3 Å². The molecule has 0 bridgehead atoms. The Labute approximate surface area is 75.0 Å². The number of unbranched alkanes of at least 4 members (excludes halogenated alkanes) is 1. The normalized spacial score (nSPS) is 14.4. The average molecular weight is 193 g/mol. The third-order valence-corrected chi connectivity index (χ3v) is 2.39. The molecule has 0 aliphatic carbocycles.